The van der Waals surface area contributed by atoms with E-state index < -0.39 is 16.2 Å². The van der Waals surface area contributed by atoms with Crippen molar-refractivity contribution in [2.24, 2.45) is 0 Å². The van der Waals surface area contributed by atoms with Crippen LogP contribution in [0.15, 0.2) is 29.2 Å². The zero-order chi connectivity index (χ0) is 12.8. The zero-order valence-electron chi connectivity index (χ0n) is 9.82. The molecule has 1 fully saturated rings. The second-order valence-corrected chi connectivity index (χ2v) is 6.39. The first-order valence-corrected chi connectivity index (χ1v) is 7.37. The van der Waals surface area contributed by atoms with Crippen LogP contribution in [0.5, 0.6) is 0 Å². The SMILES string of the molecule is O=S1(=O)OCC2[C@H](O)CCN2Cc2ccc1cc2. The summed E-state index contributed by atoms with van der Waals surface area (Å²) >= 11 is 0. The third-order valence-corrected chi connectivity index (χ3v) is 4.91. The summed E-state index contributed by atoms with van der Waals surface area (Å²) in [7, 11) is -3.71. The van der Waals surface area contributed by atoms with E-state index in [-0.39, 0.29) is 17.5 Å². The van der Waals surface area contributed by atoms with Crippen molar-refractivity contribution in [3.8, 4) is 0 Å². The molecule has 1 aromatic carbocycles. The molecular formula is C12H15NO4S. The van der Waals surface area contributed by atoms with E-state index in [2.05, 4.69) is 4.90 Å². The highest BCUT2D eigenvalue weighted by Gasteiger charge is 2.35. The summed E-state index contributed by atoms with van der Waals surface area (Å²) in [5.41, 5.74) is 1.05. The summed E-state index contributed by atoms with van der Waals surface area (Å²) < 4.78 is 28.8. The fourth-order valence-corrected chi connectivity index (χ4v) is 3.46. The van der Waals surface area contributed by atoms with E-state index in [1.54, 1.807) is 24.3 Å². The normalized spacial score (nSPS) is 31.2. The maximum absolute atomic E-state index is 11.9. The van der Waals surface area contributed by atoms with Crippen molar-refractivity contribution in [3.05, 3.63) is 29.8 Å². The number of nitrogens with zero attached hydrogens (tertiary/aromatic N) is 1. The van der Waals surface area contributed by atoms with E-state index in [4.69, 9.17) is 4.18 Å². The Morgan fingerprint density at radius 1 is 1.28 bits per heavy atom. The molecule has 0 saturated carbocycles. The lowest BCUT2D eigenvalue weighted by Gasteiger charge is -2.27. The van der Waals surface area contributed by atoms with Gasteiger partial charge in [-0.1, -0.05) is 12.1 Å². The molecule has 2 bridgehead atoms. The fraction of sp³-hybridized carbons (Fsp3) is 0.500. The number of hydrogen-bond donors (Lipinski definition) is 1. The smallest absolute Gasteiger partial charge is 0.297 e. The van der Waals surface area contributed by atoms with E-state index in [0.717, 1.165) is 12.1 Å². The standard InChI is InChI=1S/C12H15NO4S/c14-12-5-6-13-7-9-1-3-10(4-2-9)18(15,16)17-8-11(12)13/h1-4,11-12,14H,5-8H2/t11?,12-/m1/s1. The summed E-state index contributed by atoms with van der Waals surface area (Å²) in [5, 5.41) is 9.88. The highest BCUT2D eigenvalue weighted by molar-refractivity contribution is 7.86. The molecule has 0 aliphatic carbocycles. The third-order valence-electron chi connectivity index (χ3n) is 3.62. The van der Waals surface area contributed by atoms with Gasteiger partial charge in [0.05, 0.1) is 23.6 Å². The third kappa shape index (κ3) is 2.05. The maximum Gasteiger partial charge on any atom is 0.297 e. The molecule has 6 heteroatoms. The molecule has 0 spiro atoms. The Labute approximate surface area is 106 Å². The van der Waals surface area contributed by atoms with E-state index in [9.17, 15) is 13.5 Å². The number of benzene rings is 1. The van der Waals surface area contributed by atoms with E-state index in [0.29, 0.717) is 13.0 Å². The molecule has 1 unspecified atom stereocenters. The number of hydrogen-bond acceptors (Lipinski definition) is 5. The van der Waals surface area contributed by atoms with Crippen LogP contribution in [0.2, 0.25) is 0 Å². The monoisotopic (exact) mass is 269 g/mol. The molecule has 3 aliphatic heterocycles. The van der Waals surface area contributed by atoms with Gasteiger partial charge in [-0.15, -0.1) is 0 Å². The van der Waals surface area contributed by atoms with Crippen LogP contribution in [0.4, 0.5) is 0 Å². The lowest BCUT2D eigenvalue weighted by Crippen LogP contribution is -2.39. The Hall–Kier alpha value is -0.950. The molecular weight excluding hydrogens is 254 g/mol. The molecule has 4 rings (SSSR count). The molecule has 2 atom stereocenters. The number of aliphatic hydroxyl groups is 1. The summed E-state index contributed by atoms with van der Waals surface area (Å²) in [4.78, 5) is 2.24. The quantitative estimate of drug-likeness (QED) is 0.688. The van der Waals surface area contributed by atoms with Gasteiger partial charge >= 0.3 is 0 Å². The van der Waals surface area contributed by atoms with Gasteiger partial charge in [0, 0.05) is 13.1 Å². The first-order valence-electron chi connectivity index (χ1n) is 5.97. The minimum Gasteiger partial charge on any atom is -0.391 e. The molecule has 0 amide bonds. The highest BCUT2D eigenvalue weighted by Crippen LogP contribution is 2.25. The fourth-order valence-electron chi connectivity index (χ4n) is 2.54. The van der Waals surface area contributed by atoms with Crippen LogP contribution in [0.1, 0.15) is 12.0 Å². The topological polar surface area (TPSA) is 66.8 Å². The summed E-state index contributed by atoms with van der Waals surface area (Å²) in [6.07, 6.45) is 0.141. The predicted molar refractivity (Wildman–Crippen MR) is 64.4 cm³/mol. The second kappa shape index (κ2) is 4.31. The van der Waals surface area contributed by atoms with Gasteiger partial charge in [-0.25, -0.2) is 0 Å². The average Bonchev–Trinajstić information content (AvgIpc) is 2.69. The number of rotatable bonds is 0. The van der Waals surface area contributed by atoms with Crippen LogP contribution in [0.3, 0.4) is 0 Å². The Balaban J connectivity index is 2.01. The molecule has 0 radical (unpaired) electrons. The molecule has 18 heavy (non-hydrogen) atoms. The van der Waals surface area contributed by atoms with Gasteiger partial charge in [0.15, 0.2) is 0 Å². The molecule has 1 aromatic rings. The van der Waals surface area contributed by atoms with Gasteiger partial charge in [0.2, 0.25) is 0 Å². The van der Waals surface area contributed by atoms with Gasteiger partial charge < -0.3 is 5.11 Å². The number of fused-ring (bicyclic) bond motifs is 4. The van der Waals surface area contributed by atoms with Crippen LogP contribution in [-0.4, -0.2) is 43.7 Å². The van der Waals surface area contributed by atoms with Gasteiger partial charge in [0.1, 0.15) is 0 Å². The first kappa shape index (κ1) is 12.1. The predicted octanol–water partition coefficient (Wildman–Crippen LogP) is 0.341. The minimum absolute atomic E-state index is 0.0158. The van der Waals surface area contributed by atoms with Crippen molar-refractivity contribution in [3.63, 3.8) is 0 Å². The Kier molecular flexibility index (Phi) is 2.90. The van der Waals surface area contributed by atoms with Gasteiger partial charge in [-0.3, -0.25) is 9.08 Å². The van der Waals surface area contributed by atoms with Crippen molar-refractivity contribution in [1.29, 1.82) is 0 Å². The molecule has 5 nitrogen and oxygen atoms in total. The van der Waals surface area contributed by atoms with Gasteiger partial charge in [-0.2, -0.15) is 8.42 Å². The molecule has 98 valence electrons. The highest BCUT2D eigenvalue weighted by atomic mass is 32.2. The van der Waals surface area contributed by atoms with Crippen LogP contribution < -0.4 is 0 Å². The van der Waals surface area contributed by atoms with Crippen LogP contribution in [0.25, 0.3) is 0 Å². The van der Waals surface area contributed by atoms with Gasteiger partial charge in [0.25, 0.3) is 10.1 Å². The van der Waals surface area contributed by atoms with Crippen molar-refractivity contribution < 1.29 is 17.7 Å². The van der Waals surface area contributed by atoms with E-state index in [1.807, 2.05) is 0 Å². The first-order chi connectivity index (χ1) is 8.56. The van der Waals surface area contributed by atoms with E-state index in [1.165, 1.54) is 0 Å². The molecule has 1 N–H and O–H groups in total. The largest absolute Gasteiger partial charge is 0.391 e. The second-order valence-electron chi connectivity index (χ2n) is 4.78. The Morgan fingerprint density at radius 2 is 2.00 bits per heavy atom. The molecule has 0 aromatic heterocycles. The summed E-state index contributed by atoms with van der Waals surface area (Å²) in [5.74, 6) is 0. The molecule has 3 aliphatic rings. The molecule has 3 heterocycles. The van der Waals surface area contributed by atoms with Crippen LogP contribution in [-0.2, 0) is 20.8 Å². The Bertz CT molecular complexity index is 540. The summed E-state index contributed by atoms with van der Waals surface area (Å²) in [6.45, 7) is 1.49. The Morgan fingerprint density at radius 3 is 2.72 bits per heavy atom. The average molecular weight is 269 g/mol. The lowest BCUT2D eigenvalue weighted by atomic mass is 10.1. The van der Waals surface area contributed by atoms with Crippen molar-refractivity contribution in [2.45, 2.75) is 30.0 Å². The number of aliphatic hydroxyl groups excluding tert-OH is 1. The van der Waals surface area contributed by atoms with Crippen LogP contribution >= 0.6 is 0 Å². The van der Waals surface area contributed by atoms with Crippen molar-refractivity contribution in [2.75, 3.05) is 13.2 Å². The van der Waals surface area contributed by atoms with Crippen molar-refractivity contribution in [1.82, 2.24) is 4.90 Å². The maximum atomic E-state index is 11.9. The minimum atomic E-state index is -3.71. The lowest BCUT2D eigenvalue weighted by molar-refractivity contribution is 0.0778. The van der Waals surface area contributed by atoms with Crippen LogP contribution in [0, 0.1) is 0 Å². The molecule has 1 saturated heterocycles. The van der Waals surface area contributed by atoms with Crippen molar-refractivity contribution >= 4 is 10.1 Å². The summed E-state index contributed by atoms with van der Waals surface area (Å²) in [6, 6.07) is 6.48. The zero-order valence-corrected chi connectivity index (χ0v) is 10.6. The van der Waals surface area contributed by atoms with Gasteiger partial charge in [-0.05, 0) is 24.1 Å². The van der Waals surface area contributed by atoms with E-state index >= 15 is 0 Å².